The molecule has 1 N–H and O–H groups in total. The van der Waals surface area contributed by atoms with Crippen molar-refractivity contribution in [3.8, 4) is 0 Å². The van der Waals surface area contributed by atoms with Crippen molar-refractivity contribution < 1.29 is 18.7 Å². The van der Waals surface area contributed by atoms with Crippen molar-refractivity contribution in [2.24, 2.45) is 11.3 Å². The van der Waals surface area contributed by atoms with Crippen LogP contribution in [-0.4, -0.2) is 23.5 Å². The Morgan fingerprint density at radius 3 is 2.38 bits per heavy atom. The number of hydrogen-bond donors (Lipinski definition) is 1. The van der Waals surface area contributed by atoms with Crippen LogP contribution < -0.4 is 5.32 Å². The van der Waals surface area contributed by atoms with Crippen molar-refractivity contribution >= 4 is 11.9 Å². The number of oxazole rings is 1. The Labute approximate surface area is 125 Å². The molecule has 21 heavy (non-hydrogen) atoms. The summed E-state index contributed by atoms with van der Waals surface area (Å²) in [4.78, 5) is 28.5. The van der Waals surface area contributed by atoms with Crippen LogP contribution in [0.1, 0.15) is 45.0 Å². The van der Waals surface area contributed by atoms with Crippen LogP contribution in [0.2, 0.25) is 0 Å². The van der Waals surface area contributed by atoms with Crippen LogP contribution in [-0.2, 0) is 20.9 Å². The van der Waals surface area contributed by atoms with Crippen LogP contribution in [0, 0.1) is 25.2 Å². The standard InChI is InChI=1S/C15H24N2O4/c1-7-20-14(19)12(15(4,5)6)13(18)16-8-11-17-9(2)10(3)21-11/h12H,7-8H2,1-6H3,(H,16,18). The van der Waals surface area contributed by atoms with Gasteiger partial charge in [-0.05, 0) is 26.2 Å². The van der Waals surface area contributed by atoms with E-state index in [0.29, 0.717) is 5.89 Å². The Morgan fingerprint density at radius 1 is 1.33 bits per heavy atom. The number of aryl methyl sites for hydroxylation is 2. The van der Waals surface area contributed by atoms with Gasteiger partial charge in [-0.1, -0.05) is 20.8 Å². The monoisotopic (exact) mass is 296 g/mol. The number of esters is 1. The first kappa shape index (κ1) is 17.2. The van der Waals surface area contributed by atoms with E-state index in [1.807, 2.05) is 34.6 Å². The maximum absolute atomic E-state index is 12.3. The summed E-state index contributed by atoms with van der Waals surface area (Å²) in [6.07, 6.45) is 0. The van der Waals surface area contributed by atoms with Gasteiger partial charge in [0.2, 0.25) is 11.8 Å². The zero-order chi connectivity index (χ0) is 16.2. The summed E-state index contributed by atoms with van der Waals surface area (Å²) in [6, 6.07) is 0. The molecular weight excluding hydrogens is 272 g/mol. The second-order valence-electron chi connectivity index (χ2n) is 6.02. The zero-order valence-electron chi connectivity index (χ0n) is 13.6. The Balaban J connectivity index is 2.75. The molecule has 0 aromatic carbocycles. The van der Waals surface area contributed by atoms with Gasteiger partial charge in [0.15, 0.2) is 0 Å². The van der Waals surface area contributed by atoms with E-state index in [0.717, 1.165) is 11.5 Å². The lowest BCUT2D eigenvalue weighted by Gasteiger charge is -2.27. The van der Waals surface area contributed by atoms with Crippen LogP contribution >= 0.6 is 0 Å². The Morgan fingerprint density at radius 2 is 1.95 bits per heavy atom. The molecule has 0 aliphatic heterocycles. The van der Waals surface area contributed by atoms with E-state index >= 15 is 0 Å². The number of aromatic nitrogens is 1. The van der Waals surface area contributed by atoms with Gasteiger partial charge in [-0.25, -0.2) is 4.98 Å². The van der Waals surface area contributed by atoms with Gasteiger partial charge >= 0.3 is 5.97 Å². The quantitative estimate of drug-likeness (QED) is 0.665. The molecule has 0 radical (unpaired) electrons. The van der Waals surface area contributed by atoms with Crippen molar-refractivity contribution in [3.05, 3.63) is 17.3 Å². The van der Waals surface area contributed by atoms with Crippen molar-refractivity contribution in [3.63, 3.8) is 0 Å². The third-order valence-corrected chi connectivity index (χ3v) is 3.14. The van der Waals surface area contributed by atoms with E-state index in [2.05, 4.69) is 10.3 Å². The van der Waals surface area contributed by atoms with Gasteiger partial charge in [0.1, 0.15) is 11.7 Å². The summed E-state index contributed by atoms with van der Waals surface area (Å²) < 4.78 is 10.4. The average molecular weight is 296 g/mol. The summed E-state index contributed by atoms with van der Waals surface area (Å²) in [5.74, 6) is -0.613. The van der Waals surface area contributed by atoms with Gasteiger partial charge in [0.05, 0.1) is 18.8 Å². The number of carbonyl (C=O) groups is 2. The number of rotatable bonds is 5. The summed E-state index contributed by atoms with van der Waals surface area (Å²) in [5, 5.41) is 2.69. The highest BCUT2D eigenvalue weighted by Crippen LogP contribution is 2.27. The zero-order valence-corrected chi connectivity index (χ0v) is 13.6. The third-order valence-electron chi connectivity index (χ3n) is 3.14. The van der Waals surface area contributed by atoms with E-state index in [9.17, 15) is 9.59 Å². The molecule has 0 saturated carbocycles. The van der Waals surface area contributed by atoms with Crippen LogP contribution in [0.4, 0.5) is 0 Å². The second-order valence-corrected chi connectivity index (χ2v) is 6.02. The number of ether oxygens (including phenoxy) is 1. The molecule has 1 rings (SSSR count). The van der Waals surface area contributed by atoms with Crippen LogP contribution in [0.15, 0.2) is 4.42 Å². The normalized spacial score (nSPS) is 12.9. The van der Waals surface area contributed by atoms with E-state index in [1.165, 1.54) is 0 Å². The smallest absolute Gasteiger partial charge is 0.319 e. The number of carbonyl (C=O) groups excluding carboxylic acids is 2. The first-order valence-electron chi connectivity index (χ1n) is 7.04. The van der Waals surface area contributed by atoms with E-state index < -0.39 is 17.3 Å². The lowest BCUT2D eigenvalue weighted by atomic mass is 9.80. The maximum Gasteiger partial charge on any atom is 0.319 e. The minimum atomic E-state index is -0.866. The fraction of sp³-hybridized carbons (Fsp3) is 0.667. The van der Waals surface area contributed by atoms with Crippen LogP contribution in [0.3, 0.4) is 0 Å². The van der Waals surface area contributed by atoms with Crippen molar-refractivity contribution in [1.82, 2.24) is 10.3 Å². The minimum absolute atomic E-state index is 0.152. The van der Waals surface area contributed by atoms with Crippen LogP contribution in [0.5, 0.6) is 0 Å². The molecule has 1 aromatic rings. The van der Waals surface area contributed by atoms with Crippen molar-refractivity contribution in [1.29, 1.82) is 0 Å². The highest BCUT2D eigenvalue weighted by Gasteiger charge is 2.38. The molecule has 1 aromatic heterocycles. The number of amides is 1. The molecule has 0 aliphatic rings. The van der Waals surface area contributed by atoms with Gasteiger partial charge in [0, 0.05) is 0 Å². The fourth-order valence-electron chi connectivity index (χ4n) is 1.96. The summed E-state index contributed by atoms with van der Waals surface area (Å²) in [5.41, 5.74) is 0.260. The summed E-state index contributed by atoms with van der Waals surface area (Å²) >= 11 is 0. The average Bonchev–Trinajstić information content (AvgIpc) is 2.65. The largest absolute Gasteiger partial charge is 0.465 e. The Kier molecular flexibility index (Phi) is 5.52. The molecule has 0 spiro atoms. The molecule has 1 amide bonds. The molecule has 0 saturated heterocycles. The predicted octanol–water partition coefficient (Wildman–Crippen LogP) is 2.13. The molecule has 118 valence electrons. The lowest BCUT2D eigenvalue weighted by molar-refractivity contribution is -0.156. The topological polar surface area (TPSA) is 81.4 Å². The third kappa shape index (κ3) is 4.58. The SMILES string of the molecule is CCOC(=O)C(C(=O)NCc1nc(C)c(C)o1)C(C)(C)C. The molecule has 0 fully saturated rings. The second kappa shape index (κ2) is 6.74. The first-order chi connectivity index (χ1) is 9.66. The minimum Gasteiger partial charge on any atom is -0.465 e. The lowest BCUT2D eigenvalue weighted by Crippen LogP contribution is -2.43. The highest BCUT2D eigenvalue weighted by molar-refractivity contribution is 5.98. The molecular formula is C15H24N2O4. The van der Waals surface area contributed by atoms with Gasteiger partial charge in [-0.3, -0.25) is 9.59 Å². The van der Waals surface area contributed by atoms with E-state index in [1.54, 1.807) is 6.92 Å². The molecule has 6 heteroatoms. The fourth-order valence-corrected chi connectivity index (χ4v) is 1.96. The Hall–Kier alpha value is -1.85. The van der Waals surface area contributed by atoms with Gasteiger partial charge < -0.3 is 14.5 Å². The molecule has 1 atom stereocenters. The molecule has 6 nitrogen and oxygen atoms in total. The van der Waals surface area contributed by atoms with Crippen LogP contribution in [0.25, 0.3) is 0 Å². The highest BCUT2D eigenvalue weighted by atomic mass is 16.5. The number of nitrogens with zero attached hydrogens (tertiary/aromatic N) is 1. The predicted molar refractivity (Wildman–Crippen MR) is 77.4 cm³/mol. The first-order valence-corrected chi connectivity index (χ1v) is 7.04. The molecule has 1 heterocycles. The Bertz CT molecular complexity index is 495. The molecule has 0 bridgehead atoms. The molecule has 0 aliphatic carbocycles. The van der Waals surface area contributed by atoms with Gasteiger partial charge in [-0.15, -0.1) is 0 Å². The maximum atomic E-state index is 12.3. The summed E-state index contributed by atoms with van der Waals surface area (Å²) in [6.45, 7) is 11.2. The van der Waals surface area contributed by atoms with Crippen molar-refractivity contribution in [2.45, 2.75) is 48.1 Å². The van der Waals surface area contributed by atoms with Gasteiger partial charge in [-0.2, -0.15) is 0 Å². The van der Waals surface area contributed by atoms with E-state index in [-0.39, 0.29) is 19.1 Å². The number of nitrogens with one attached hydrogen (secondary N) is 1. The summed E-state index contributed by atoms with van der Waals surface area (Å²) in [7, 11) is 0. The number of hydrogen-bond acceptors (Lipinski definition) is 5. The van der Waals surface area contributed by atoms with Gasteiger partial charge in [0.25, 0.3) is 0 Å². The molecule has 1 unspecified atom stereocenters. The van der Waals surface area contributed by atoms with Crippen molar-refractivity contribution in [2.75, 3.05) is 6.61 Å². The van der Waals surface area contributed by atoms with E-state index in [4.69, 9.17) is 9.15 Å².